The predicted octanol–water partition coefficient (Wildman–Crippen LogP) is 2.78. The van der Waals surface area contributed by atoms with E-state index < -0.39 is 0 Å². The monoisotopic (exact) mass is 521 g/mol. The SMILES string of the molecule is CN=C(NCC1CCCN1CCOC)NCC(c1cccs1)N1CCCC1.I. The van der Waals surface area contributed by atoms with Gasteiger partial charge in [-0.3, -0.25) is 14.8 Å². The highest BCUT2D eigenvalue weighted by atomic mass is 127. The molecule has 2 N–H and O–H groups in total. The van der Waals surface area contributed by atoms with Gasteiger partial charge in [0.25, 0.3) is 0 Å². The molecular formula is C20H36IN5OS. The zero-order valence-corrected chi connectivity index (χ0v) is 20.4. The van der Waals surface area contributed by atoms with Gasteiger partial charge in [-0.2, -0.15) is 0 Å². The minimum atomic E-state index is 0. The van der Waals surface area contributed by atoms with Gasteiger partial charge in [0.2, 0.25) is 0 Å². The molecule has 28 heavy (non-hydrogen) atoms. The molecule has 160 valence electrons. The van der Waals surface area contributed by atoms with E-state index in [9.17, 15) is 0 Å². The summed E-state index contributed by atoms with van der Waals surface area (Å²) in [4.78, 5) is 11.0. The lowest BCUT2D eigenvalue weighted by Gasteiger charge is -2.28. The van der Waals surface area contributed by atoms with Gasteiger partial charge in [0.05, 0.1) is 12.6 Å². The van der Waals surface area contributed by atoms with Crippen LogP contribution < -0.4 is 10.6 Å². The Morgan fingerprint density at radius 3 is 2.79 bits per heavy atom. The highest BCUT2D eigenvalue weighted by Crippen LogP contribution is 2.27. The number of likely N-dealkylation sites (tertiary alicyclic amines) is 2. The lowest BCUT2D eigenvalue weighted by atomic mass is 10.2. The van der Waals surface area contributed by atoms with Gasteiger partial charge in [0.15, 0.2) is 5.96 Å². The van der Waals surface area contributed by atoms with E-state index in [1.807, 2.05) is 18.4 Å². The number of halogens is 1. The number of thiophene rings is 1. The van der Waals surface area contributed by atoms with E-state index in [-0.39, 0.29) is 24.0 Å². The van der Waals surface area contributed by atoms with Gasteiger partial charge in [-0.25, -0.2) is 0 Å². The molecule has 2 atom stereocenters. The van der Waals surface area contributed by atoms with Crippen molar-refractivity contribution in [1.29, 1.82) is 0 Å². The van der Waals surface area contributed by atoms with Gasteiger partial charge in [0.1, 0.15) is 0 Å². The van der Waals surface area contributed by atoms with Crippen LogP contribution in [0.5, 0.6) is 0 Å². The first-order valence-electron chi connectivity index (χ1n) is 10.3. The number of rotatable bonds is 9. The van der Waals surface area contributed by atoms with E-state index in [1.165, 1.54) is 50.2 Å². The molecule has 0 radical (unpaired) electrons. The highest BCUT2D eigenvalue weighted by Gasteiger charge is 2.26. The molecule has 3 heterocycles. The number of hydrogen-bond donors (Lipinski definition) is 2. The standard InChI is InChI=1S/C20H35N5OS.HI/c1-21-20(22-15-17-7-5-11-24(17)12-13-26-2)23-16-18(19-8-6-14-27-19)25-9-3-4-10-25;/h6,8,14,17-18H,3-5,7,9-13,15-16H2,1-2H3,(H2,21,22,23);1H. The van der Waals surface area contributed by atoms with Crippen molar-refractivity contribution >= 4 is 41.3 Å². The second-order valence-electron chi connectivity index (χ2n) is 7.43. The molecule has 0 aliphatic carbocycles. The number of methoxy groups -OCH3 is 1. The van der Waals surface area contributed by atoms with Crippen molar-refractivity contribution in [2.75, 3.05) is 60.0 Å². The van der Waals surface area contributed by atoms with Gasteiger partial charge in [-0.05, 0) is 56.8 Å². The first kappa shape index (κ1) is 23.9. The highest BCUT2D eigenvalue weighted by molar-refractivity contribution is 14.0. The average Bonchev–Trinajstić information content (AvgIpc) is 3.46. The smallest absolute Gasteiger partial charge is 0.191 e. The maximum atomic E-state index is 5.25. The van der Waals surface area contributed by atoms with Crippen molar-refractivity contribution in [1.82, 2.24) is 20.4 Å². The summed E-state index contributed by atoms with van der Waals surface area (Å²) < 4.78 is 5.25. The van der Waals surface area contributed by atoms with Crippen molar-refractivity contribution in [3.05, 3.63) is 22.4 Å². The molecule has 0 aromatic carbocycles. The fourth-order valence-electron chi connectivity index (χ4n) is 4.20. The lowest BCUT2D eigenvalue weighted by Crippen LogP contribution is -2.47. The largest absolute Gasteiger partial charge is 0.383 e. The van der Waals surface area contributed by atoms with Gasteiger partial charge in [-0.15, -0.1) is 35.3 Å². The van der Waals surface area contributed by atoms with Crippen LogP contribution in [0.25, 0.3) is 0 Å². The second-order valence-corrected chi connectivity index (χ2v) is 8.41. The maximum Gasteiger partial charge on any atom is 0.191 e. The Kier molecular flexibility index (Phi) is 11.1. The van der Waals surface area contributed by atoms with E-state index in [2.05, 4.69) is 42.9 Å². The van der Waals surface area contributed by atoms with Crippen LogP contribution in [0.15, 0.2) is 22.5 Å². The van der Waals surface area contributed by atoms with Gasteiger partial charge in [0, 0.05) is 44.7 Å². The summed E-state index contributed by atoms with van der Waals surface area (Å²) in [6, 6.07) is 5.43. The molecule has 0 bridgehead atoms. The summed E-state index contributed by atoms with van der Waals surface area (Å²) in [6.07, 6.45) is 5.15. The summed E-state index contributed by atoms with van der Waals surface area (Å²) in [5.74, 6) is 0.911. The number of ether oxygens (including phenoxy) is 1. The molecule has 1 aromatic heterocycles. The Morgan fingerprint density at radius 1 is 1.29 bits per heavy atom. The van der Waals surface area contributed by atoms with Crippen molar-refractivity contribution < 1.29 is 4.74 Å². The zero-order chi connectivity index (χ0) is 18.9. The Morgan fingerprint density at radius 2 is 2.11 bits per heavy atom. The first-order chi connectivity index (χ1) is 13.3. The van der Waals surface area contributed by atoms with Crippen molar-refractivity contribution in [3.63, 3.8) is 0 Å². The molecular weight excluding hydrogens is 485 g/mol. The molecule has 1 aromatic rings. The topological polar surface area (TPSA) is 52.1 Å². The van der Waals surface area contributed by atoms with E-state index >= 15 is 0 Å². The molecule has 0 saturated carbocycles. The minimum Gasteiger partial charge on any atom is -0.383 e. The summed E-state index contributed by atoms with van der Waals surface area (Å²) >= 11 is 1.86. The summed E-state index contributed by atoms with van der Waals surface area (Å²) in [6.45, 7) is 7.25. The van der Waals surface area contributed by atoms with E-state index in [0.29, 0.717) is 12.1 Å². The van der Waals surface area contributed by atoms with Gasteiger partial charge in [-0.1, -0.05) is 6.07 Å². The van der Waals surface area contributed by atoms with Crippen LogP contribution in [0.3, 0.4) is 0 Å². The third-order valence-electron chi connectivity index (χ3n) is 5.73. The van der Waals surface area contributed by atoms with Gasteiger partial charge < -0.3 is 15.4 Å². The van der Waals surface area contributed by atoms with Crippen molar-refractivity contribution in [2.24, 2.45) is 4.99 Å². The van der Waals surface area contributed by atoms with Crippen molar-refractivity contribution in [3.8, 4) is 0 Å². The third kappa shape index (κ3) is 6.83. The molecule has 2 saturated heterocycles. The summed E-state index contributed by atoms with van der Waals surface area (Å²) in [5, 5.41) is 9.31. The lowest BCUT2D eigenvalue weighted by molar-refractivity contribution is 0.141. The molecule has 0 spiro atoms. The third-order valence-corrected chi connectivity index (χ3v) is 6.70. The van der Waals surface area contributed by atoms with Crippen LogP contribution in [-0.2, 0) is 4.74 Å². The van der Waals surface area contributed by atoms with Gasteiger partial charge >= 0.3 is 0 Å². The van der Waals surface area contributed by atoms with Crippen LogP contribution in [0.1, 0.15) is 36.6 Å². The number of guanidine groups is 1. The predicted molar refractivity (Wildman–Crippen MR) is 129 cm³/mol. The molecule has 2 aliphatic heterocycles. The van der Waals surface area contributed by atoms with Crippen molar-refractivity contribution in [2.45, 2.75) is 37.8 Å². The Bertz CT molecular complexity index is 565. The van der Waals surface area contributed by atoms with Crippen LogP contribution in [-0.4, -0.2) is 81.8 Å². The maximum absolute atomic E-state index is 5.25. The summed E-state index contributed by atoms with van der Waals surface area (Å²) in [7, 11) is 3.64. The number of aliphatic imine (C=N–C) groups is 1. The second kappa shape index (κ2) is 13.0. The van der Waals surface area contributed by atoms with Crippen LogP contribution in [0.2, 0.25) is 0 Å². The fraction of sp³-hybridized carbons (Fsp3) is 0.750. The Hall–Kier alpha value is -0.420. The molecule has 6 nitrogen and oxygen atoms in total. The minimum absolute atomic E-state index is 0. The molecule has 2 unspecified atom stereocenters. The summed E-state index contributed by atoms with van der Waals surface area (Å²) in [5.41, 5.74) is 0. The molecule has 3 rings (SSSR count). The number of nitrogens with one attached hydrogen (secondary N) is 2. The Balaban J connectivity index is 0.00000280. The average molecular weight is 522 g/mol. The molecule has 2 fully saturated rings. The Labute approximate surface area is 191 Å². The fourth-order valence-corrected chi connectivity index (χ4v) is 5.06. The quantitative estimate of drug-likeness (QED) is 0.298. The molecule has 8 heteroatoms. The molecule has 2 aliphatic rings. The van der Waals surface area contributed by atoms with Crippen LogP contribution in [0.4, 0.5) is 0 Å². The van der Waals surface area contributed by atoms with Crippen LogP contribution in [0, 0.1) is 0 Å². The van der Waals surface area contributed by atoms with E-state index in [1.54, 1.807) is 7.11 Å². The first-order valence-corrected chi connectivity index (χ1v) is 11.1. The number of hydrogen-bond acceptors (Lipinski definition) is 5. The normalized spacial score (nSPS) is 22.2. The number of nitrogens with zero attached hydrogens (tertiary/aromatic N) is 3. The van der Waals surface area contributed by atoms with E-state index in [0.717, 1.165) is 32.2 Å². The molecule has 0 amide bonds. The van der Waals surface area contributed by atoms with Crippen LogP contribution >= 0.6 is 35.3 Å². The van der Waals surface area contributed by atoms with E-state index in [4.69, 9.17) is 4.74 Å². The zero-order valence-electron chi connectivity index (χ0n) is 17.2.